The van der Waals surface area contributed by atoms with E-state index in [1.54, 1.807) is 7.11 Å². The fourth-order valence-electron chi connectivity index (χ4n) is 1.99. The zero-order valence-corrected chi connectivity index (χ0v) is 12.0. The Balaban J connectivity index is 2.27. The Kier molecular flexibility index (Phi) is 2.95. The molecule has 90 valence electrons. The van der Waals surface area contributed by atoms with Crippen LogP contribution in [0.15, 0.2) is 48.8 Å². The van der Waals surface area contributed by atoms with Gasteiger partial charge in [-0.3, -0.25) is 0 Å². The van der Waals surface area contributed by atoms with Gasteiger partial charge in [0, 0.05) is 11.8 Å². The number of aromatic nitrogens is 2. The lowest BCUT2D eigenvalue weighted by molar-refractivity contribution is 0.417. The van der Waals surface area contributed by atoms with E-state index in [0.717, 1.165) is 26.0 Å². The highest BCUT2D eigenvalue weighted by atomic mass is 127. The van der Waals surface area contributed by atoms with Crippen LogP contribution >= 0.6 is 22.6 Å². The van der Waals surface area contributed by atoms with Crippen LogP contribution < -0.4 is 4.74 Å². The van der Waals surface area contributed by atoms with Crippen LogP contribution in [-0.2, 0) is 0 Å². The molecule has 0 fully saturated rings. The van der Waals surface area contributed by atoms with Crippen LogP contribution in [0.1, 0.15) is 0 Å². The van der Waals surface area contributed by atoms with E-state index in [1.165, 1.54) is 0 Å². The normalized spacial score (nSPS) is 10.8. The maximum Gasteiger partial charge on any atom is 0.146 e. The topological polar surface area (TPSA) is 26.5 Å². The quantitative estimate of drug-likeness (QED) is 0.660. The fraction of sp³-hybridized carbons (Fsp3) is 0.0714. The number of fused-ring (bicyclic) bond motifs is 1. The van der Waals surface area contributed by atoms with Gasteiger partial charge in [-0.25, -0.2) is 4.52 Å². The Morgan fingerprint density at radius 3 is 2.67 bits per heavy atom. The van der Waals surface area contributed by atoms with Crippen molar-refractivity contribution in [2.75, 3.05) is 7.11 Å². The van der Waals surface area contributed by atoms with Crippen molar-refractivity contribution in [1.82, 2.24) is 9.61 Å². The van der Waals surface area contributed by atoms with Crippen molar-refractivity contribution in [3.05, 3.63) is 52.4 Å². The van der Waals surface area contributed by atoms with E-state index < -0.39 is 0 Å². The van der Waals surface area contributed by atoms with E-state index in [0.29, 0.717) is 0 Å². The summed E-state index contributed by atoms with van der Waals surface area (Å²) in [5, 5.41) is 4.34. The van der Waals surface area contributed by atoms with E-state index in [9.17, 15) is 0 Å². The molecule has 4 heteroatoms. The third-order valence-corrected chi connectivity index (χ3v) is 3.65. The molecule has 0 bridgehead atoms. The van der Waals surface area contributed by atoms with Crippen molar-refractivity contribution in [1.29, 1.82) is 0 Å². The number of pyridine rings is 1. The molecule has 0 saturated heterocycles. The zero-order valence-electron chi connectivity index (χ0n) is 9.80. The second kappa shape index (κ2) is 4.61. The summed E-state index contributed by atoms with van der Waals surface area (Å²) in [7, 11) is 1.69. The van der Waals surface area contributed by atoms with Crippen LogP contribution in [0.2, 0.25) is 0 Å². The highest BCUT2D eigenvalue weighted by molar-refractivity contribution is 14.1. The Labute approximate surface area is 119 Å². The van der Waals surface area contributed by atoms with E-state index in [1.807, 2.05) is 35.1 Å². The molecule has 3 rings (SSSR count). The lowest BCUT2D eigenvalue weighted by atomic mass is 10.1. The molecule has 0 radical (unpaired) electrons. The molecule has 0 N–H and O–H groups in total. The molecule has 2 aromatic heterocycles. The highest BCUT2D eigenvalue weighted by Gasteiger charge is 2.10. The van der Waals surface area contributed by atoms with Gasteiger partial charge in [0.1, 0.15) is 11.3 Å². The van der Waals surface area contributed by atoms with Gasteiger partial charge < -0.3 is 4.74 Å². The molecule has 0 aliphatic carbocycles. The summed E-state index contributed by atoms with van der Waals surface area (Å²) in [4.78, 5) is 0. The lowest BCUT2D eigenvalue weighted by Gasteiger charge is -2.08. The maximum absolute atomic E-state index is 5.46. The predicted octanol–water partition coefficient (Wildman–Crippen LogP) is 3.61. The number of nitrogens with zero attached hydrogens (tertiary/aromatic N) is 2. The molecule has 0 amide bonds. The first-order valence-corrected chi connectivity index (χ1v) is 6.64. The monoisotopic (exact) mass is 350 g/mol. The molecule has 0 saturated carbocycles. The van der Waals surface area contributed by atoms with Gasteiger partial charge in [0.15, 0.2) is 0 Å². The van der Waals surface area contributed by atoms with E-state index >= 15 is 0 Å². The van der Waals surface area contributed by atoms with E-state index in [4.69, 9.17) is 4.74 Å². The molecule has 3 aromatic rings. The summed E-state index contributed by atoms with van der Waals surface area (Å²) in [5.74, 6) is 0.846. The van der Waals surface area contributed by atoms with Crippen molar-refractivity contribution in [3.8, 4) is 16.9 Å². The van der Waals surface area contributed by atoms with Crippen LogP contribution in [0, 0.1) is 3.57 Å². The molecule has 0 aliphatic heterocycles. The largest absolute Gasteiger partial charge is 0.494 e. The molecule has 0 spiro atoms. The summed E-state index contributed by atoms with van der Waals surface area (Å²) in [6, 6.07) is 12.3. The van der Waals surface area contributed by atoms with Crippen molar-refractivity contribution >= 4 is 28.1 Å². The number of benzene rings is 1. The molecule has 1 aromatic carbocycles. The maximum atomic E-state index is 5.46. The van der Waals surface area contributed by atoms with E-state index in [-0.39, 0.29) is 0 Å². The summed E-state index contributed by atoms with van der Waals surface area (Å²) >= 11 is 2.27. The third-order valence-electron chi connectivity index (χ3n) is 2.86. The van der Waals surface area contributed by atoms with Gasteiger partial charge in [0.25, 0.3) is 0 Å². The molecular formula is C14H11IN2O. The van der Waals surface area contributed by atoms with Gasteiger partial charge in [-0.1, -0.05) is 30.3 Å². The minimum atomic E-state index is 0.846. The van der Waals surface area contributed by atoms with Crippen LogP contribution in [0.4, 0.5) is 0 Å². The van der Waals surface area contributed by atoms with Crippen molar-refractivity contribution in [2.45, 2.75) is 0 Å². The Bertz CT molecular complexity index is 692. The summed E-state index contributed by atoms with van der Waals surface area (Å²) in [5.41, 5.74) is 3.26. The molecular weight excluding hydrogens is 339 g/mol. The molecule has 2 heterocycles. The lowest BCUT2D eigenvalue weighted by Crippen LogP contribution is -1.93. The van der Waals surface area contributed by atoms with Gasteiger partial charge >= 0.3 is 0 Å². The van der Waals surface area contributed by atoms with E-state index in [2.05, 4.69) is 45.9 Å². The van der Waals surface area contributed by atoms with Gasteiger partial charge in [-0.05, 0) is 34.2 Å². The highest BCUT2D eigenvalue weighted by Crippen LogP contribution is 2.30. The minimum absolute atomic E-state index is 0.846. The Morgan fingerprint density at radius 2 is 1.94 bits per heavy atom. The second-order valence-corrected chi connectivity index (χ2v) is 5.11. The first kappa shape index (κ1) is 11.5. The minimum Gasteiger partial charge on any atom is -0.494 e. The first-order chi connectivity index (χ1) is 8.79. The SMILES string of the molecule is COc1cc(-c2ccccc2)cn2ncc(I)c12. The van der Waals surface area contributed by atoms with Gasteiger partial charge in [0.2, 0.25) is 0 Å². The van der Waals surface area contributed by atoms with Crippen molar-refractivity contribution < 1.29 is 4.74 Å². The second-order valence-electron chi connectivity index (χ2n) is 3.95. The average Bonchev–Trinajstić information content (AvgIpc) is 2.81. The van der Waals surface area contributed by atoms with Gasteiger partial charge in [0.05, 0.1) is 16.9 Å². The Hall–Kier alpha value is -1.56. The van der Waals surface area contributed by atoms with Crippen molar-refractivity contribution in [3.63, 3.8) is 0 Å². The van der Waals surface area contributed by atoms with Crippen LogP contribution in [0.3, 0.4) is 0 Å². The standard InChI is InChI=1S/C14H11IN2O/c1-18-13-7-11(10-5-3-2-4-6-10)9-17-14(13)12(15)8-16-17/h2-9H,1H3. The molecule has 0 aliphatic rings. The molecule has 18 heavy (non-hydrogen) atoms. The number of methoxy groups -OCH3 is 1. The number of ether oxygens (including phenoxy) is 1. The average molecular weight is 350 g/mol. The number of rotatable bonds is 2. The Morgan fingerprint density at radius 1 is 1.17 bits per heavy atom. The summed E-state index contributed by atoms with van der Waals surface area (Å²) in [6.45, 7) is 0. The first-order valence-electron chi connectivity index (χ1n) is 5.56. The molecule has 3 nitrogen and oxygen atoms in total. The van der Waals surface area contributed by atoms with Gasteiger partial charge in [-0.15, -0.1) is 0 Å². The van der Waals surface area contributed by atoms with Crippen LogP contribution in [0.5, 0.6) is 5.75 Å². The van der Waals surface area contributed by atoms with Crippen LogP contribution in [-0.4, -0.2) is 16.7 Å². The fourth-order valence-corrected chi connectivity index (χ4v) is 2.63. The zero-order chi connectivity index (χ0) is 12.5. The summed E-state index contributed by atoms with van der Waals surface area (Å²) in [6.07, 6.45) is 3.86. The van der Waals surface area contributed by atoms with Crippen molar-refractivity contribution in [2.24, 2.45) is 0 Å². The molecule has 0 atom stereocenters. The smallest absolute Gasteiger partial charge is 0.146 e. The number of halogens is 1. The third kappa shape index (κ3) is 1.86. The van der Waals surface area contributed by atoms with Crippen LogP contribution in [0.25, 0.3) is 16.6 Å². The van der Waals surface area contributed by atoms with Gasteiger partial charge in [-0.2, -0.15) is 5.10 Å². The molecule has 0 unspecified atom stereocenters. The number of hydrogen-bond acceptors (Lipinski definition) is 2. The number of hydrogen-bond donors (Lipinski definition) is 0. The summed E-state index contributed by atoms with van der Waals surface area (Å²) < 4.78 is 8.41. The predicted molar refractivity (Wildman–Crippen MR) is 79.9 cm³/mol.